The number of unbranched alkanes of at least 4 members (excludes halogenated alkanes) is 4. The van der Waals surface area contributed by atoms with Crippen LogP contribution in [0.3, 0.4) is 0 Å². The Balaban J connectivity index is 3.13. The summed E-state index contributed by atoms with van der Waals surface area (Å²) in [5, 5.41) is 0. The standard InChI is InChI=1S/C13H29NSSi/c1-5-6-8-11-14-12-9-7-10-13-15-16(2,3)4/h11H,5-10,12-13H2,1-4H3. The highest BCUT2D eigenvalue weighted by Gasteiger charge is 2.12. The van der Waals surface area contributed by atoms with E-state index < -0.39 is 7.22 Å². The van der Waals surface area contributed by atoms with Crippen LogP contribution < -0.4 is 0 Å². The van der Waals surface area contributed by atoms with Gasteiger partial charge in [0.1, 0.15) is 7.22 Å². The Morgan fingerprint density at radius 3 is 2.44 bits per heavy atom. The van der Waals surface area contributed by atoms with E-state index in [-0.39, 0.29) is 0 Å². The zero-order chi connectivity index (χ0) is 12.3. The van der Waals surface area contributed by atoms with Gasteiger partial charge in [-0.1, -0.05) is 39.4 Å². The lowest BCUT2D eigenvalue weighted by molar-refractivity contribution is 0.732. The molecular formula is C13H29NSSi. The fraction of sp³-hybridized carbons (Fsp3) is 0.923. The lowest BCUT2D eigenvalue weighted by atomic mass is 10.2. The third kappa shape index (κ3) is 14.2. The monoisotopic (exact) mass is 259 g/mol. The van der Waals surface area contributed by atoms with Crippen LogP contribution in [0.25, 0.3) is 0 Å². The van der Waals surface area contributed by atoms with E-state index in [4.69, 9.17) is 0 Å². The fourth-order valence-corrected chi connectivity index (χ4v) is 4.57. The molecule has 3 heteroatoms. The maximum Gasteiger partial charge on any atom is 0.108 e. The van der Waals surface area contributed by atoms with Crippen molar-refractivity contribution in [2.75, 3.05) is 12.3 Å². The number of aliphatic imine (C=N–C) groups is 1. The number of hydrogen-bond donors (Lipinski definition) is 0. The largest absolute Gasteiger partial charge is 0.298 e. The van der Waals surface area contributed by atoms with Crippen molar-refractivity contribution < 1.29 is 0 Å². The minimum absolute atomic E-state index is 0.861. The van der Waals surface area contributed by atoms with Gasteiger partial charge >= 0.3 is 0 Å². The Kier molecular flexibility index (Phi) is 10.5. The molecule has 0 unspecified atom stereocenters. The van der Waals surface area contributed by atoms with Gasteiger partial charge < -0.3 is 0 Å². The third-order valence-electron chi connectivity index (χ3n) is 2.28. The average molecular weight is 260 g/mol. The molecule has 0 aliphatic rings. The smallest absolute Gasteiger partial charge is 0.108 e. The summed E-state index contributed by atoms with van der Waals surface area (Å²) in [6, 6.07) is 0. The molecular weight excluding hydrogens is 230 g/mol. The predicted octanol–water partition coefficient (Wildman–Crippen LogP) is 4.99. The Morgan fingerprint density at radius 2 is 1.81 bits per heavy atom. The first-order valence-corrected chi connectivity index (χ1v) is 11.9. The quantitative estimate of drug-likeness (QED) is 0.306. The first kappa shape index (κ1) is 16.2. The molecule has 0 aromatic rings. The van der Waals surface area contributed by atoms with Gasteiger partial charge in [0.25, 0.3) is 0 Å². The van der Waals surface area contributed by atoms with E-state index >= 15 is 0 Å². The number of hydrogen-bond acceptors (Lipinski definition) is 2. The molecule has 0 bridgehead atoms. The van der Waals surface area contributed by atoms with Crippen molar-refractivity contribution in [1.29, 1.82) is 0 Å². The lowest BCUT2D eigenvalue weighted by Crippen LogP contribution is -2.14. The highest BCUT2D eigenvalue weighted by atomic mass is 32.4. The first-order chi connectivity index (χ1) is 7.56. The van der Waals surface area contributed by atoms with Gasteiger partial charge in [-0.2, -0.15) is 11.2 Å². The molecule has 0 saturated heterocycles. The highest BCUT2D eigenvalue weighted by molar-refractivity contribution is 8.28. The molecule has 0 fully saturated rings. The summed E-state index contributed by atoms with van der Waals surface area (Å²) in [6.45, 7) is 10.5. The number of rotatable bonds is 10. The molecule has 1 nitrogen and oxygen atoms in total. The van der Waals surface area contributed by atoms with Gasteiger partial charge in [0.2, 0.25) is 0 Å². The molecule has 0 heterocycles. The molecule has 0 aliphatic carbocycles. The van der Waals surface area contributed by atoms with Crippen LogP contribution in [0.5, 0.6) is 0 Å². The van der Waals surface area contributed by atoms with Gasteiger partial charge in [0.05, 0.1) is 0 Å². The molecule has 0 amide bonds. The Bertz CT molecular complexity index is 175. The molecule has 16 heavy (non-hydrogen) atoms. The van der Waals surface area contributed by atoms with E-state index in [0.29, 0.717) is 0 Å². The molecule has 0 atom stereocenters. The summed E-state index contributed by atoms with van der Waals surface area (Å²) in [4.78, 5) is 4.43. The van der Waals surface area contributed by atoms with Gasteiger partial charge in [-0.3, -0.25) is 4.99 Å². The van der Waals surface area contributed by atoms with Crippen LogP contribution in [0.1, 0.15) is 45.4 Å². The predicted molar refractivity (Wildman–Crippen MR) is 82.5 cm³/mol. The summed E-state index contributed by atoms with van der Waals surface area (Å²) < 4.78 is 0. The second-order valence-electron chi connectivity index (χ2n) is 5.25. The van der Waals surface area contributed by atoms with Crippen LogP contribution in [0, 0.1) is 0 Å². The van der Waals surface area contributed by atoms with Gasteiger partial charge in [-0.15, -0.1) is 0 Å². The second kappa shape index (κ2) is 10.4. The minimum Gasteiger partial charge on any atom is -0.298 e. The van der Waals surface area contributed by atoms with Crippen molar-refractivity contribution in [3.63, 3.8) is 0 Å². The Morgan fingerprint density at radius 1 is 1.06 bits per heavy atom. The molecule has 0 aromatic carbocycles. The molecule has 0 aliphatic heterocycles. The van der Waals surface area contributed by atoms with E-state index in [1.807, 2.05) is 0 Å². The van der Waals surface area contributed by atoms with Crippen LogP contribution in [0.4, 0.5) is 0 Å². The van der Waals surface area contributed by atoms with E-state index in [9.17, 15) is 0 Å². The second-order valence-corrected chi connectivity index (χ2v) is 14.7. The average Bonchev–Trinajstić information content (AvgIpc) is 2.19. The molecule has 0 rings (SSSR count). The van der Waals surface area contributed by atoms with Crippen molar-refractivity contribution in [1.82, 2.24) is 0 Å². The summed E-state index contributed by atoms with van der Waals surface area (Å²) in [7, 11) is -0.861. The van der Waals surface area contributed by atoms with Crippen molar-refractivity contribution >= 4 is 24.6 Å². The fourth-order valence-electron chi connectivity index (χ4n) is 1.34. The molecule has 0 N–H and O–H groups in total. The summed E-state index contributed by atoms with van der Waals surface area (Å²) in [6.07, 6.45) is 9.84. The summed E-state index contributed by atoms with van der Waals surface area (Å²) >= 11 is 2.21. The highest BCUT2D eigenvalue weighted by Crippen LogP contribution is 2.20. The maximum absolute atomic E-state index is 4.43. The lowest BCUT2D eigenvalue weighted by Gasteiger charge is -2.14. The van der Waals surface area contributed by atoms with Gasteiger partial charge in [0.15, 0.2) is 0 Å². The van der Waals surface area contributed by atoms with Crippen molar-refractivity contribution in [3.05, 3.63) is 0 Å². The van der Waals surface area contributed by atoms with E-state index in [0.717, 1.165) is 6.54 Å². The van der Waals surface area contributed by atoms with Crippen molar-refractivity contribution in [2.45, 2.75) is 65.1 Å². The molecule has 96 valence electrons. The van der Waals surface area contributed by atoms with Gasteiger partial charge in [-0.05, 0) is 37.7 Å². The number of nitrogens with zero attached hydrogens (tertiary/aromatic N) is 1. The Labute approximate surface area is 107 Å². The molecule has 0 radical (unpaired) electrons. The third-order valence-corrected chi connectivity index (χ3v) is 6.85. The van der Waals surface area contributed by atoms with Crippen LogP contribution in [0.2, 0.25) is 19.6 Å². The normalized spacial score (nSPS) is 12.5. The van der Waals surface area contributed by atoms with Crippen LogP contribution >= 0.6 is 11.2 Å². The van der Waals surface area contributed by atoms with E-state index in [1.54, 1.807) is 0 Å². The van der Waals surface area contributed by atoms with Crippen molar-refractivity contribution in [2.24, 2.45) is 4.99 Å². The molecule has 0 aromatic heterocycles. The first-order valence-electron chi connectivity index (χ1n) is 6.68. The minimum atomic E-state index is -0.861. The topological polar surface area (TPSA) is 12.4 Å². The van der Waals surface area contributed by atoms with E-state index in [1.165, 1.54) is 44.3 Å². The maximum atomic E-state index is 4.43. The van der Waals surface area contributed by atoms with Gasteiger partial charge in [0, 0.05) is 6.54 Å². The van der Waals surface area contributed by atoms with Crippen LogP contribution in [0.15, 0.2) is 4.99 Å². The SMILES string of the molecule is CCCCC=NCCCCCS[Si](C)(C)C. The zero-order valence-electron chi connectivity index (χ0n) is 11.6. The summed E-state index contributed by atoms with van der Waals surface area (Å²) in [5.74, 6) is 1.36. The van der Waals surface area contributed by atoms with Crippen molar-refractivity contribution in [3.8, 4) is 0 Å². The molecule has 0 spiro atoms. The zero-order valence-corrected chi connectivity index (χ0v) is 13.4. The van der Waals surface area contributed by atoms with Crippen LogP contribution in [-0.2, 0) is 0 Å². The Hall–Kier alpha value is 0.237. The van der Waals surface area contributed by atoms with Crippen LogP contribution in [-0.4, -0.2) is 25.7 Å². The molecule has 0 saturated carbocycles. The van der Waals surface area contributed by atoms with Gasteiger partial charge in [-0.25, -0.2) is 0 Å². The van der Waals surface area contributed by atoms with E-state index in [2.05, 4.69) is 49.0 Å². The summed E-state index contributed by atoms with van der Waals surface area (Å²) in [5.41, 5.74) is 0.